The molecule has 1 aromatic carbocycles. The molecular formula is C17H22N4O3. The van der Waals surface area contributed by atoms with Crippen molar-refractivity contribution in [1.82, 2.24) is 14.7 Å². The molecule has 7 nitrogen and oxygen atoms in total. The maximum atomic E-state index is 12.7. The summed E-state index contributed by atoms with van der Waals surface area (Å²) in [5.41, 5.74) is 1.47. The highest BCUT2D eigenvalue weighted by molar-refractivity contribution is 5.89. The summed E-state index contributed by atoms with van der Waals surface area (Å²) in [6, 6.07) is 8.93. The first-order valence-corrected chi connectivity index (χ1v) is 8.08. The van der Waals surface area contributed by atoms with Crippen molar-refractivity contribution in [2.75, 3.05) is 18.5 Å². The lowest BCUT2D eigenvalue weighted by Gasteiger charge is -2.11. The highest BCUT2D eigenvalue weighted by Crippen LogP contribution is 2.14. The van der Waals surface area contributed by atoms with E-state index in [0.717, 1.165) is 25.1 Å². The average Bonchev–Trinajstić information content (AvgIpc) is 3.17. The third-order valence-electron chi connectivity index (χ3n) is 4.31. The number of para-hydroxylation sites is 1. The van der Waals surface area contributed by atoms with Crippen LogP contribution >= 0.6 is 0 Å². The number of benzene rings is 1. The van der Waals surface area contributed by atoms with Crippen molar-refractivity contribution in [3.05, 3.63) is 46.4 Å². The largest absolute Gasteiger partial charge is 0.376 e. The molecule has 1 aliphatic heterocycles. The van der Waals surface area contributed by atoms with Gasteiger partial charge in [0.2, 0.25) is 0 Å². The third kappa shape index (κ3) is 3.21. The number of hydrogen-bond acceptors (Lipinski definition) is 3. The fraction of sp³-hybridized carbons (Fsp3) is 0.412. The highest BCUT2D eigenvalue weighted by Gasteiger charge is 2.19. The molecule has 1 aromatic heterocycles. The Morgan fingerprint density at radius 3 is 2.75 bits per heavy atom. The van der Waals surface area contributed by atoms with Crippen LogP contribution in [0, 0.1) is 6.92 Å². The first-order valence-electron chi connectivity index (χ1n) is 8.08. The van der Waals surface area contributed by atoms with Crippen molar-refractivity contribution in [1.29, 1.82) is 0 Å². The van der Waals surface area contributed by atoms with Gasteiger partial charge >= 0.3 is 6.03 Å². The van der Waals surface area contributed by atoms with Crippen LogP contribution in [-0.4, -0.2) is 34.7 Å². The van der Waals surface area contributed by atoms with Crippen molar-refractivity contribution < 1.29 is 9.53 Å². The molecule has 1 fully saturated rings. The van der Waals surface area contributed by atoms with E-state index < -0.39 is 6.03 Å². The molecule has 0 bridgehead atoms. The minimum absolute atomic E-state index is 0.0635. The van der Waals surface area contributed by atoms with E-state index in [9.17, 15) is 9.59 Å². The Balaban J connectivity index is 1.76. The topological polar surface area (TPSA) is 77.3 Å². The molecule has 2 N–H and O–H groups in total. The van der Waals surface area contributed by atoms with Crippen LogP contribution in [0.1, 0.15) is 18.5 Å². The second-order valence-corrected chi connectivity index (χ2v) is 5.91. The Morgan fingerprint density at radius 2 is 2.08 bits per heavy atom. The summed E-state index contributed by atoms with van der Waals surface area (Å²) in [5.74, 6) is 0. The Hall–Kier alpha value is -2.54. The Labute approximate surface area is 140 Å². The Kier molecular flexibility index (Phi) is 4.71. The van der Waals surface area contributed by atoms with Crippen molar-refractivity contribution in [3.63, 3.8) is 0 Å². The first-order chi connectivity index (χ1) is 11.6. The number of nitrogens with zero attached hydrogens (tertiary/aromatic N) is 2. The van der Waals surface area contributed by atoms with Gasteiger partial charge in [-0.15, -0.1) is 0 Å². The second-order valence-electron chi connectivity index (χ2n) is 5.91. The maximum absolute atomic E-state index is 12.7. The number of nitrogens with one attached hydrogen (secondary N) is 2. The summed E-state index contributed by atoms with van der Waals surface area (Å²) >= 11 is 0. The van der Waals surface area contributed by atoms with Crippen LogP contribution in [-0.2, 0) is 11.8 Å². The second kappa shape index (κ2) is 6.92. The molecule has 2 amide bonds. The van der Waals surface area contributed by atoms with E-state index in [-0.39, 0.29) is 17.4 Å². The maximum Gasteiger partial charge on any atom is 0.319 e. The normalized spacial score (nSPS) is 17.0. The summed E-state index contributed by atoms with van der Waals surface area (Å²) in [6.45, 7) is 2.99. The molecule has 0 spiro atoms. The van der Waals surface area contributed by atoms with Gasteiger partial charge in [-0.25, -0.2) is 9.48 Å². The van der Waals surface area contributed by atoms with E-state index in [1.54, 1.807) is 18.7 Å². The summed E-state index contributed by atoms with van der Waals surface area (Å²) < 4.78 is 8.73. The van der Waals surface area contributed by atoms with Crippen LogP contribution in [0.3, 0.4) is 0 Å². The zero-order valence-electron chi connectivity index (χ0n) is 13.9. The molecule has 2 heterocycles. The Bertz CT molecular complexity index is 773. The van der Waals surface area contributed by atoms with E-state index >= 15 is 0 Å². The van der Waals surface area contributed by atoms with Gasteiger partial charge in [-0.05, 0) is 31.9 Å². The molecule has 1 saturated heterocycles. The Morgan fingerprint density at radius 1 is 1.33 bits per heavy atom. The van der Waals surface area contributed by atoms with E-state index in [2.05, 4.69) is 10.6 Å². The molecule has 7 heteroatoms. The first kappa shape index (κ1) is 16.3. The fourth-order valence-electron chi connectivity index (χ4n) is 2.88. The molecule has 1 aliphatic rings. The van der Waals surface area contributed by atoms with Gasteiger partial charge in [-0.2, -0.15) is 0 Å². The van der Waals surface area contributed by atoms with Crippen molar-refractivity contribution >= 4 is 11.7 Å². The molecule has 0 aliphatic carbocycles. The van der Waals surface area contributed by atoms with Gasteiger partial charge in [0.1, 0.15) is 5.69 Å². The number of aromatic nitrogens is 2. The van der Waals surface area contributed by atoms with E-state index in [0.29, 0.717) is 12.2 Å². The van der Waals surface area contributed by atoms with Gasteiger partial charge in [0.15, 0.2) is 0 Å². The minimum atomic E-state index is -0.392. The van der Waals surface area contributed by atoms with Gasteiger partial charge in [0.05, 0.1) is 17.5 Å². The quantitative estimate of drug-likeness (QED) is 0.897. The lowest BCUT2D eigenvalue weighted by Crippen LogP contribution is -2.36. The lowest BCUT2D eigenvalue weighted by atomic mass is 10.2. The molecule has 3 rings (SSSR count). The molecule has 0 saturated carbocycles. The van der Waals surface area contributed by atoms with E-state index in [1.165, 1.54) is 4.68 Å². The molecule has 0 radical (unpaired) electrons. The average molecular weight is 330 g/mol. The summed E-state index contributed by atoms with van der Waals surface area (Å²) in [4.78, 5) is 24.8. The van der Waals surface area contributed by atoms with Crippen LogP contribution in [0.25, 0.3) is 5.69 Å². The summed E-state index contributed by atoms with van der Waals surface area (Å²) in [5, 5.41) is 5.44. The van der Waals surface area contributed by atoms with Gasteiger partial charge in [0.25, 0.3) is 5.56 Å². The van der Waals surface area contributed by atoms with Gasteiger partial charge in [-0.3, -0.25) is 9.48 Å². The fourth-order valence-corrected chi connectivity index (χ4v) is 2.88. The van der Waals surface area contributed by atoms with Crippen LogP contribution in [0.15, 0.2) is 35.1 Å². The van der Waals surface area contributed by atoms with Crippen molar-refractivity contribution in [3.8, 4) is 5.69 Å². The predicted octanol–water partition coefficient (Wildman–Crippen LogP) is 1.78. The third-order valence-corrected chi connectivity index (χ3v) is 4.31. The van der Waals surface area contributed by atoms with Crippen LogP contribution in [0.2, 0.25) is 0 Å². The number of anilines is 1. The summed E-state index contributed by atoms with van der Waals surface area (Å²) in [6.07, 6.45) is 2.03. The number of hydrogen-bond donors (Lipinski definition) is 2. The summed E-state index contributed by atoms with van der Waals surface area (Å²) in [7, 11) is 1.79. The van der Waals surface area contributed by atoms with Crippen LogP contribution < -0.4 is 16.2 Å². The predicted molar refractivity (Wildman–Crippen MR) is 91.7 cm³/mol. The molecular weight excluding hydrogens is 308 g/mol. The zero-order valence-corrected chi connectivity index (χ0v) is 13.9. The van der Waals surface area contributed by atoms with Crippen LogP contribution in [0.4, 0.5) is 10.5 Å². The zero-order chi connectivity index (χ0) is 17.1. The lowest BCUT2D eigenvalue weighted by molar-refractivity contribution is 0.112. The smallest absolute Gasteiger partial charge is 0.319 e. The SMILES string of the molecule is Cc1c(NC(=O)NCC2CCCO2)c(=O)n(-c2ccccc2)n1C. The highest BCUT2D eigenvalue weighted by atomic mass is 16.5. The monoisotopic (exact) mass is 330 g/mol. The number of rotatable bonds is 4. The van der Waals surface area contributed by atoms with Gasteiger partial charge in [-0.1, -0.05) is 18.2 Å². The number of amides is 2. The van der Waals surface area contributed by atoms with Crippen molar-refractivity contribution in [2.45, 2.75) is 25.9 Å². The molecule has 1 atom stereocenters. The van der Waals surface area contributed by atoms with Gasteiger partial charge in [0, 0.05) is 20.2 Å². The standard InChI is InChI=1S/C17H22N4O3/c1-12-15(19-17(23)18-11-14-9-6-10-24-14)16(22)21(20(12)2)13-7-4-3-5-8-13/h3-5,7-8,14H,6,9-11H2,1-2H3,(H2,18,19,23). The number of carbonyl (C=O) groups excluding carboxylic acids is 1. The number of urea groups is 1. The number of ether oxygens (including phenoxy) is 1. The van der Waals surface area contributed by atoms with E-state index in [4.69, 9.17) is 4.74 Å². The molecule has 24 heavy (non-hydrogen) atoms. The minimum Gasteiger partial charge on any atom is -0.376 e. The molecule has 1 unspecified atom stereocenters. The van der Waals surface area contributed by atoms with Gasteiger partial charge < -0.3 is 15.4 Å². The molecule has 2 aromatic rings. The van der Waals surface area contributed by atoms with E-state index in [1.807, 2.05) is 30.3 Å². The molecule has 128 valence electrons. The van der Waals surface area contributed by atoms with Crippen molar-refractivity contribution in [2.24, 2.45) is 7.05 Å². The van der Waals surface area contributed by atoms with Crippen LogP contribution in [0.5, 0.6) is 0 Å². The number of carbonyl (C=O) groups is 1.